The SMILES string of the molecule is CS(=O)(=O)NCC1CCCN(CC(=O)c2cn(CCC#N)c3ccccc23)C1. The van der Waals surface area contributed by atoms with Gasteiger partial charge in [-0.3, -0.25) is 9.69 Å². The normalized spacial score (nSPS) is 18.2. The Labute approximate surface area is 166 Å². The Bertz CT molecular complexity index is 991. The van der Waals surface area contributed by atoms with E-state index in [2.05, 4.69) is 15.7 Å². The van der Waals surface area contributed by atoms with Gasteiger partial charge in [0, 0.05) is 42.3 Å². The minimum Gasteiger partial charge on any atom is -0.346 e. The number of carbonyl (C=O) groups is 1. The molecule has 1 atom stereocenters. The largest absolute Gasteiger partial charge is 0.346 e. The number of aromatic nitrogens is 1. The van der Waals surface area contributed by atoms with E-state index in [0.717, 1.165) is 30.3 Å². The number of hydrogen-bond donors (Lipinski definition) is 1. The fourth-order valence-electron chi connectivity index (χ4n) is 3.84. The van der Waals surface area contributed by atoms with E-state index in [-0.39, 0.29) is 11.7 Å². The first-order valence-corrected chi connectivity index (χ1v) is 11.4. The summed E-state index contributed by atoms with van der Waals surface area (Å²) in [5.41, 5.74) is 1.65. The molecule has 1 saturated heterocycles. The second-order valence-corrected chi connectivity index (χ2v) is 9.28. The van der Waals surface area contributed by atoms with Crippen LogP contribution in [0.4, 0.5) is 0 Å². The van der Waals surface area contributed by atoms with Gasteiger partial charge >= 0.3 is 0 Å². The molecular weight excluding hydrogens is 376 g/mol. The molecule has 7 nitrogen and oxygen atoms in total. The Balaban J connectivity index is 1.70. The van der Waals surface area contributed by atoms with Crippen LogP contribution < -0.4 is 4.72 Å². The predicted molar refractivity (Wildman–Crippen MR) is 109 cm³/mol. The first-order chi connectivity index (χ1) is 13.4. The van der Waals surface area contributed by atoms with Gasteiger partial charge in [-0.15, -0.1) is 0 Å². The summed E-state index contributed by atoms with van der Waals surface area (Å²) in [7, 11) is -3.20. The molecule has 1 N–H and O–H groups in total. The van der Waals surface area contributed by atoms with Crippen molar-refractivity contribution in [2.45, 2.75) is 25.8 Å². The van der Waals surface area contributed by atoms with E-state index in [9.17, 15) is 13.2 Å². The van der Waals surface area contributed by atoms with Gasteiger partial charge in [0.1, 0.15) is 0 Å². The number of piperidine rings is 1. The molecule has 0 radical (unpaired) electrons. The van der Waals surface area contributed by atoms with E-state index < -0.39 is 10.0 Å². The van der Waals surface area contributed by atoms with Gasteiger partial charge in [-0.25, -0.2) is 13.1 Å². The van der Waals surface area contributed by atoms with Crippen LogP contribution in [0.1, 0.15) is 29.6 Å². The Morgan fingerprint density at radius 3 is 2.89 bits per heavy atom. The molecule has 1 aromatic carbocycles. The topological polar surface area (TPSA) is 95.2 Å². The Kier molecular flexibility index (Phi) is 6.50. The summed E-state index contributed by atoms with van der Waals surface area (Å²) in [6.07, 6.45) is 5.33. The van der Waals surface area contributed by atoms with Crippen molar-refractivity contribution in [2.24, 2.45) is 5.92 Å². The predicted octanol–water partition coefficient (Wildman–Crippen LogP) is 2.00. The van der Waals surface area contributed by atoms with Gasteiger partial charge in [0.15, 0.2) is 5.78 Å². The van der Waals surface area contributed by atoms with E-state index in [1.54, 1.807) is 0 Å². The number of Topliss-reactive ketones (excluding diaryl/α,β-unsaturated/α-hetero) is 1. The number of aryl methyl sites for hydroxylation is 1. The van der Waals surface area contributed by atoms with Crippen LogP contribution in [0.15, 0.2) is 30.5 Å². The monoisotopic (exact) mass is 402 g/mol. The maximum Gasteiger partial charge on any atom is 0.208 e. The van der Waals surface area contributed by atoms with Crippen LogP contribution in [0.2, 0.25) is 0 Å². The number of benzene rings is 1. The summed E-state index contributed by atoms with van der Waals surface area (Å²) in [4.78, 5) is 15.1. The van der Waals surface area contributed by atoms with Crippen LogP contribution in [-0.2, 0) is 16.6 Å². The van der Waals surface area contributed by atoms with Crippen LogP contribution in [0.5, 0.6) is 0 Å². The summed E-state index contributed by atoms with van der Waals surface area (Å²) in [6, 6.07) is 9.92. The smallest absolute Gasteiger partial charge is 0.208 e. The highest BCUT2D eigenvalue weighted by atomic mass is 32.2. The van der Waals surface area contributed by atoms with Gasteiger partial charge in [-0.2, -0.15) is 5.26 Å². The minimum atomic E-state index is -3.20. The molecular formula is C20H26N4O3S. The summed E-state index contributed by atoms with van der Waals surface area (Å²) in [6.45, 7) is 2.85. The number of nitrogens with zero attached hydrogens (tertiary/aromatic N) is 3. The molecule has 0 amide bonds. The molecule has 2 heterocycles. The third-order valence-electron chi connectivity index (χ3n) is 5.16. The van der Waals surface area contributed by atoms with E-state index in [1.807, 2.05) is 35.0 Å². The lowest BCUT2D eigenvalue weighted by Gasteiger charge is -2.32. The standard InChI is InChI=1S/C20H26N4O3S/c1-28(26,27)22-12-16-6-4-10-23(13-16)15-20(25)18-14-24(11-5-9-21)19-8-3-2-7-17(18)19/h2-3,7-8,14,16,22H,4-6,10-13,15H2,1H3. The number of nitriles is 1. The third-order valence-corrected chi connectivity index (χ3v) is 5.85. The average molecular weight is 403 g/mol. The highest BCUT2D eigenvalue weighted by Crippen LogP contribution is 2.23. The van der Waals surface area contributed by atoms with Crippen molar-refractivity contribution in [3.63, 3.8) is 0 Å². The molecule has 1 aliphatic rings. The number of sulfonamides is 1. The lowest BCUT2D eigenvalue weighted by atomic mass is 9.97. The molecule has 28 heavy (non-hydrogen) atoms. The van der Waals surface area contributed by atoms with Crippen molar-refractivity contribution in [1.29, 1.82) is 5.26 Å². The summed E-state index contributed by atoms with van der Waals surface area (Å²) < 4.78 is 27.2. The fourth-order valence-corrected chi connectivity index (χ4v) is 4.38. The zero-order chi connectivity index (χ0) is 20.1. The van der Waals surface area contributed by atoms with Gasteiger partial charge in [0.2, 0.25) is 10.0 Å². The van der Waals surface area contributed by atoms with Crippen molar-refractivity contribution in [2.75, 3.05) is 32.4 Å². The molecule has 0 spiro atoms. The molecule has 0 aliphatic carbocycles. The summed E-state index contributed by atoms with van der Waals surface area (Å²) in [5.74, 6) is 0.275. The lowest BCUT2D eigenvalue weighted by molar-refractivity contribution is 0.0889. The van der Waals surface area contributed by atoms with Crippen molar-refractivity contribution in [3.8, 4) is 6.07 Å². The molecule has 1 unspecified atom stereocenters. The first-order valence-electron chi connectivity index (χ1n) is 9.52. The maximum absolute atomic E-state index is 13.0. The molecule has 1 fully saturated rings. The molecule has 8 heteroatoms. The quantitative estimate of drug-likeness (QED) is 0.682. The van der Waals surface area contributed by atoms with Gasteiger partial charge in [-0.1, -0.05) is 18.2 Å². The van der Waals surface area contributed by atoms with Crippen LogP contribution in [0.25, 0.3) is 10.9 Å². The molecule has 2 aromatic rings. The van der Waals surface area contributed by atoms with Crippen LogP contribution in [-0.4, -0.2) is 56.1 Å². The van der Waals surface area contributed by atoms with Gasteiger partial charge in [-0.05, 0) is 31.4 Å². The van der Waals surface area contributed by atoms with Crippen LogP contribution in [0, 0.1) is 17.2 Å². The molecule has 150 valence electrons. The molecule has 1 aliphatic heterocycles. The number of carbonyl (C=O) groups excluding carboxylic acids is 1. The van der Waals surface area contributed by atoms with Gasteiger partial charge in [0.25, 0.3) is 0 Å². The highest BCUT2D eigenvalue weighted by Gasteiger charge is 2.24. The Hall–Kier alpha value is -2.21. The summed E-state index contributed by atoms with van der Waals surface area (Å²) >= 11 is 0. The van der Waals surface area contributed by atoms with Crippen molar-refractivity contribution < 1.29 is 13.2 Å². The summed E-state index contributed by atoms with van der Waals surface area (Å²) in [5, 5.41) is 9.79. The molecule has 1 aromatic heterocycles. The Morgan fingerprint density at radius 2 is 2.14 bits per heavy atom. The minimum absolute atomic E-state index is 0.0589. The highest BCUT2D eigenvalue weighted by molar-refractivity contribution is 7.88. The van der Waals surface area contributed by atoms with E-state index in [0.29, 0.717) is 38.2 Å². The van der Waals surface area contributed by atoms with Crippen molar-refractivity contribution in [1.82, 2.24) is 14.2 Å². The van der Waals surface area contributed by atoms with Crippen molar-refractivity contribution >= 4 is 26.7 Å². The zero-order valence-corrected chi connectivity index (χ0v) is 16.9. The molecule has 0 bridgehead atoms. The van der Waals surface area contributed by atoms with E-state index in [1.165, 1.54) is 6.26 Å². The van der Waals surface area contributed by atoms with E-state index in [4.69, 9.17) is 5.26 Å². The first kappa shape index (κ1) is 20.5. The number of para-hydroxylation sites is 1. The van der Waals surface area contributed by atoms with Crippen molar-refractivity contribution in [3.05, 3.63) is 36.0 Å². The van der Waals surface area contributed by atoms with E-state index >= 15 is 0 Å². The molecule has 0 saturated carbocycles. The van der Waals surface area contributed by atoms with Gasteiger partial charge in [0.05, 0.1) is 25.3 Å². The number of ketones is 1. The Morgan fingerprint density at radius 1 is 1.36 bits per heavy atom. The second kappa shape index (κ2) is 8.86. The molecule has 3 rings (SSSR count). The number of rotatable bonds is 8. The number of hydrogen-bond acceptors (Lipinski definition) is 5. The number of nitrogens with one attached hydrogen (secondary N) is 1. The fraction of sp³-hybridized carbons (Fsp3) is 0.500. The lowest BCUT2D eigenvalue weighted by Crippen LogP contribution is -2.42. The number of fused-ring (bicyclic) bond motifs is 1. The van der Waals surface area contributed by atoms with Crippen LogP contribution >= 0.6 is 0 Å². The number of likely N-dealkylation sites (tertiary alicyclic amines) is 1. The maximum atomic E-state index is 13.0. The third kappa shape index (κ3) is 5.19. The van der Waals surface area contributed by atoms with Gasteiger partial charge < -0.3 is 4.57 Å². The average Bonchev–Trinajstić information content (AvgIpc) is 3.03. The zero-order valence-electron chi connectivity index (χ0n) is 16.1. The van der Waals surface area contributed by atoms with Crippen LogP contribution in [0.3, 0.4) is 0 Å². The second-order valence-electron chi connectivity index (χ2n) is 7.45.